The molecule has 0 atom stereocenters. The van der Waals surface area contributed by atoms with Crippen molar-refractivity contribution < 1.29 is 9.53 Å². The average molecular weight is 475 g/mol. The molecule has 0 unspecified atom stereocenters. The largest absolute Gasteiger partial charge is 0.465 e. The molecule has 0 amide bonds. The summed E-state index contributed by atoms with van der Waals surface area (Å²) in [6.45, 7) is 0. The first-order valence-corrected chi connectivity index (χ1v) is 13.2. The number of pyridine rings is 1. The van der Waals surface area contributed by atoms with E-state index in [0.29, 0.717) is 5.56 Å². The monoisotopic (exact) mass is 474 g/mol. The van der Waals surface area contributed by atoms with E-state index in [-0.39, 0.29) is 5.97 Å². The molecule has 0 saturated heterocycles. The van der Waals surface area contributed by atoms with Gasteiger partial charge in [0.2, 0.25) is 0 Å². The van der Waals surface area contributed by atoms with Crippen LogP contribution >= 0.6 is 7.26 Å². The van der Waals surface area contributed by atoms with Crippen molar-refractivity contribution in [3.05, 3.63) is 139 Å². The summed E-state index contributed by atoms with van der Waals surface area (Å²) in [4.78, 5) is 16.6. The van der Waals surface area contributed by atoms with Crippen molar-refractivity contribution in [3.63, 3.8) is 0 Å². The van der Waals surface area contributed by atoms with Gasteiger partial charge in [-0.25, -0.2) is 4.79 Å². The van der Waals surface area contributed by atoms with Gasteiger partial charge >= 0.3 is 5.97 Å². The summed E-state index contributed by atoms with van der Waals surface area (Å²) in [7, 11) is -0.807. The van der Waals surface area contributed by atoms with Crippen LogP contribution < -0.4 is 21.2 Å². The lowest BCUT2D eigenvalue weighted by atomic mass is 10.1. The van der Waals surface area contributed by atoms with Crippen molar-refractivity contribution in [2.45, 2.75) is 0 Å². The lowest BCUT2D eigenvalue weighted by Crippen LogP contribution is -2.38. The molecule has 0 bridgehead atoms. The Bertz CT molecular complexity index is 1320. The number of rotatable bonds is 6. The summed E-state index contributed by atoms with van der Waals surface area (Å²) >= 11 is 0. The predicted molar refractivity (Wildman–Crippen MR) is 146 cm³/mol. The lowest BCUT2D eigenvalue weighted by Gasteiger charge is -2.27. The molecular formula is C31H25NO2P+. The summed E-state index contributed by atoms with van der Waals surface area (Å²) in [5, 5.41) is 5.09. The van der Waals surface area contributed by atoms with Crippen molar-refractivity contribution in [1.29, 1.82) is 0 Å². The van der Waals surface area contributed by atoms with Gasteiger partial charge in [0.1, 0.15) is 28.5 Å². The van der Waals surface area contributed by atoms with Crippen molar-refractivity contribution in [2.75, 3.05) is 7.11 Å². The maximum absolute atomic E-state index is 11.9. The molecule has 170 valence electrons. The second-order valence-electron chi connectivity index (χ2n) is 8.15. The van der Waals surface area contributed by atoms with E-state index < -0.39 is 7.26 Å². The highest BCUT2D eigenvalue weighted by molar-refractivity contribution is 8.01. The third-order valence-electron chi connectivity index (χ3n) is 6.16. The second-order valence-corrected chi connectivity index (χ2v) is 11.6. The highest BCUT2D eigenvalue weighted by Crippen LogP contribution is 2.54. The minimum atomic E-state index is -2.20. The first kappa shape index (κ1) is 22.7. The van der Waals surface area contributed by atoms with E-state index in [1.165, 1.54) is 28.3 Å². The van der Waals surface area contributed by atoms with E-state index in [1.807, 2.05) is 18.3 Å². The molecule has 0 spiro atoms. The Morgan fingerprint density at radius 2 is 1.11 bits per heavy atom. The van der Waals surface area contributed by atoms with Crippen molar-refractivity contribution in [3.8, 4) is 11.3 Å². The molecule has 5 aromatic rings. The summed E-state index contributed by atoms with van der Waals surface area (Å²) < 4.78 is 4.84. The fourth-order valence-corrected chi connectivity index (χ4v) is 8.78. The minimum absolute atomic E-state index is 0.347. The molecule has 5 rings (SSSR count). The van der Waals surface area contributed by atoms with E-state index >= 15 is 0 Å². The molecule has 0 aliphatic heterocycles. The SMILES string of the molecule is COC(=O)c1ccc(-c2cc([P+](c3ccccc3)(c3ccccc3)c3ccccc3)ccn2)cc1. The van der Waals surface area contributed by atoms with E-state index in [2.05, 4.69) is 103 Å². The van der Waals surface area contributed by atoms with Crippen LogP contribution in [-0.4, -0.2) is 18.1 Å². The number of hydrogen-bond acceptors (Lipinski definition) is 3. The topological polar surface area (TPSA) is 39.2 Å². The van der Waals surface area contributed by atoms with Gasteiger partial charge in [0.25, 0.3) is 0 Å². The zero-order valence-corrected chi connectivity index (χ0v) is 20.3. The zero-order valence-electron chi connectivity index (χ0n) is 19.4. The van der Waals surface area contributed by atoms with Crippen LogP contribution in [0.5, 0.6) is 0 Å². The molecule has 0 aliphatic carbocycles. The molecule has 1 aromatic heterocycles. The van der Waals surface area contributed by atoms with Gasteiger partial charge in [-0.05, 0) is 54.6 Å². The first-order chi connectivity index (χ1) is 17.2. The number of hydrogen-bond donors (Lipinski definition) is 0. The first-order valence-electron chi connectivity index (χ1n) is 11.4. The van der Waals surface area contributed by atoms with Crippen molar-refractivity contribution in [2.24, 2.45) is 0 Å². The van der Waals surface area contributed by atoms with Crippen LogP contribution in [0.1, 0.15) is 10.4 Å². The smallest absolute Gasteiger partial charge is 0.337 e. The maximum atomic E-state index is 11.9. The Morgan fingerprint density at radius 1 is 0.629 bits per heavy atom. The third-order valence-corrected chi connectivity index (χ3v) is 10.4. The van der Waals surface area contributed by atoms with Gasteiger partial charge in [-0.15, -0.1) is 0 Å². The number of aromatic nitrogens is 1. The van der Waals surface area contributed by atoms with Gasteiger partial charge < -0.3 is 4.74 Å². The van der Waals surface area contributed by atoms with Crippen LogP contribution in [-0.2, 0) is 4.74 Å². The molecule has 1 heterocycles. The number of methoxy groups -OCH3 is 1. The lowest BCUT2D eigenvalue weighted by molar-refractivity contribution is 0.0600. The quantitative estimate of drug-likeness (QED) is 0.252. The number of esters is 1. The van der Waals surface area contributed by atoms with Gasteiger partial charge in [0, 0.05) is 17.8 Å². The van der Waals surface area contributed by atoms with Crippen LogP contribution in [0.4, 0.5) is 0 Å². The fraction of sp³-hybridized carbons (Fsp3) is 0.0323. The van der Waals surface area contributed by atoms with Gasteiger partial charge in [-0.2, -0.15) is 0 Å². The molecule has 0 N–H and O–H groups in total. The molecule has 4 heteroatoms. The Balaban J connectivity index is 1.75. The van der Waals surface area contributed by atoms with Crippen LogP contribution in [0.15, 0.2) is 134 Å². The molecular weight excluding hydrogens is 449 g/mol. The van der Waals surface area contributed by atoms with Crippen molar-refractivity contribution >= 4 is 34.4 Å². The standard InChI is InChI=1S/C31H25NO2P/c1-34-31(33)25-19-17-24(18-20-25)30-23-29(21-22-32-30)35(26-11-5-2-6-12-26,27-13-7-3-8-14-27)28-15-9-4-10-16-28/h2-23H,1H3/q+1. The zero-order chi connectivity index (χ0) is 24.1. The molecule has 3 nitrogen and oxygen atoms in total. The number of benzene rings is 4. The van der Waals surface area contributed by atoms with Gasteiger partial charge in [-0.1, -0.05) is 66.7 Å². The number of carbonyl (C=O) groups is 1. The summed E-state index contributed by atoms with van der Waals surface area (Å²) in [6.07, 6.45) is 1.89. The summed E-state index contributed by atoms with van der Waals surface area (Å²) in [5.74, 6) is -0.347. The second kappa shape index (κ2) is 10.0. The third kappa shape index (κ3) is 4.27. The normalized spacial score (nSPS) is 11.1. The minimum Gasteiger partial charge on any atom is -0.465 e. The Morgan fingerprint density at radius 3 is 1.57 bits per heavy atom. The van der Waals surface area contributed by atoms with E-state index in [1.54, 1.807) is 12.1 Å². The predicted octanol–water partition coefficient (Wildman–Crippen LogP) is 5.15. The Hall–Kier alpha value is -4.07. The van der Waals surface area contributed by atoms with Crippen LogP contribution in [0.3, 0.4) is 0 Å². The molecule has 4 aromatic carbocycles. The molecule has 0 aliphatic rings. The highest BCUT2D eigenvalue weighted by atomic mass is 31.2. The highest BCUT2D eigenvalue weighted by Gasteiger charge is 2.47. The fourth-order valence-electron chi connectivity index (χ4n) is 4.53. The van der Waals surface area contributed by atoms with Gasteiger partial charge in [0.05, 0.1) is 18.4 Å². The van der Waals surface area contributed by atoms with E-state index in [4.69, 9.17) is 9.72 Å². The molecule has 0 radical (unpaired) electrons. The Kier molecular flexibility index (Phi) is 6.52. The van der Waals surface area contributed by atoms with Gasteiger partial charge in [0.15, 0.2) is 0 Å². The van der Waals surface area contributed by atoms with E-state index in [9.17, 15) is 4.79 Å². The molecule has 0 saturated carbocycles. The summed E-state index contributed by atoms with van der Waals surface area (Å²) in [6, 6.07) is 44.0. The number of carbonyl (C=O) groups excluding carboxylic acids is 1. The molecule has 0 fully saturated rings. The van der Waals surface area contributed by atoms with Crippen LogP contribution in [0.25, 0.3) is 11.3 Å². The maximum Gasteiger partial charge on any atom is 0.337 e. The Labute approximate surface area is 206 Å². The van der Waals surface area contributed by atoms with Crippen LogP contribution in [0, 0.1) is 0 Å². The van der Waals surface area contributed by atoms with E-state index in [0.717, 1.165) is 11.3 Å². The van der Waals surface area contributed by atoms with Crippen molar-refractivity contribution in [1.82, 2.24) is 4.98 Å². The summed E-state index contributed by atoms with van der Waals surface area (Å²) in [5.41, 5.74) is 2.34. The van der Waals surface area contributed by atoms with Crippen LogP contribution in [0.2, 0.25) is 0 Å². The van der Waals surface area contributed by atoms with Gasteiger partial charge in [-0.3, -0.25) is 4.98 Å². The number of nitrogens with zero attached hydrogens (tertiary/aromatic N) is 1. The average Bonchev–Trinajstić information content (AvgIpc) is 2.95. The molecule has 35 heavy (non-hydrogen) atoms. The number of ether oxygens (including phenoxy) is 1.